The molecule has 4 aromatic rings. The van der Waals surface area contributed by atoms with Crippen molar-refractivity contribution < 1.29 is 4.79 Å². The zero-order chi connectivity index (χ0) is 23.2. The van der Waals surface area contributed by atoms with E-state index in [1.807, 2.05) is 115 Å². The van der Waals surface area contributed by atoms with Gasteiger partial charge in [-0.2, -0.15) is 0 Å². The minimum Gasteiger partial charge on any atom is -0.356 e. The van der Waals surface area contributed by atoms with E-state index in [0.717, 1.165) is 28.5 Å². The third kappa shape index (κ3) is 5.43. The van der Waals surface area contributed by atoms with Crippen LogP contribution in [0.15, 0.2) is 90.1 Å². The number of anilines is 3. The lowest BCUT2D eigenvalue weighted by Crippen LogP contribution is -2.38. The number of hydrogen-bond donors (Lipinski definition) is 1. The summed E-state index contributed by atoms with van der Waals surface area (Å²) in [6.07, 6.45) is 0. The molecule has 0 aliphatic heterocycles. The summed E-state index contributed by atoms with van der Waals surface area (Å²) in [5.74, 6) is 1.10. The molecule has 0 aliphatic carbocycles. The summed E-state index contributed by atoms with van der Waals surface area (Å²) in [5.41, 5.74) is 3.87. The van der Waals surface area contributed by atoms with Gasteiger partial charge in [-0.3, -0.25) is 4.79 Å². The van der Waals surface area contributed by atoms with Gasteiger partial charge in [0.25, 0.3) is 0 Å². The lowest BCUT2D eigenvalue weighted by atomic mass is 10.2. The van der Waals surface area contributed by atoms with Crippen molar-refractivity contribution in [2.24, 2.45) is 7.05 Å². The average Bonchev–Trinajstić information content (AvgIpc) is 3.20. The Morgan fingerprint density at radius 1 is 0.909 bits per heavy atom. The number of benzene rings is 3. The Morgan fingerprint density at radius 2 is 1.52 bits per heavy atom. The van der Waals surface area contributed by atoms with Crippen LogP contribution in [-0.4, -0.2) is 32.5 Å². The number of para-hydroxylation sites is 1. The lowest BCUT2D eigenvalue weighted by Gasteiger charge is -2.27. The van der Waals surface area contributed by atoms with Crippen LogP contribution in [0.4, 0.5) is 17.1 Å². The lowest BCUT2D eigenvalue weighted by molar-refractivity contribution is -0.116. The quantitative estimate of drug-likeness (QED) is 0.341. The highest BCUT2D eigenvalue weighted by atomic mass is 32.2. The van der Waals surface area contributed by atoms with Crippen LogP contribution in [0.1, 0.15) is 13.8 Å². The van der Waals surface area contributed by atoms with E-state index < -0.39 is 0 Å². The molecular formula is C26H27N5OS. The number of nitrogens with zero attached hydrogens (tertiary/aromatic N) is 4. The molecule has 0 atom stereocenters. The summed E-state index contributed by atoms with van der Waals surface area (Å²) in [4.78, 5) is 15.0. The van der Waals surface area contributed by atoms with Gasteiger partial charge < -0.3 is 14.8 Å². The Bertz CT molecular complexity index is 1190. The first-order valence-corrected chi connectivity index (χ1v) is 11.8. The highest BCUT2D eigenvalue weighted by Gasteiger charge is 2.21. The first-order valence-electron chi connectivity index (χ1n) is 10.8. The van der Waals surface area contributed by atoms with Gasteiger partial charge in [0.2, 0.25) is 5.91 Å². The van der Waals surface area contributed by atoms with Gasteiger partial charge in [-0.25, -0.2) is 0 Å². The number of carbonyl (C=O) groups is 1. The van der Waals surface area contributed by atoms with E-state index in [-0.39, 0.29) is 17.7 Å². The van der Waals surface area contributed by atoms with Gasteiger partial charge in [0.1, 0.15) is 0 Å². The van der Waals surface area contributed by atoms with Crippen LogP contribution in [0.3, 0.4) is 0 Å². The Labute approximate surface area is 198 Å². The molecule has 0 saturated carbocycles. The second kappa shape index (κ2) is 10.4. The van der Waals surface area contributed by atoms with Crippen LogP contribution in [-0.2, 0) is 11.8 Å². The Balaban J connectivity index is 1.43. The zero-order valence-electron chi connectivity index (χ0n) is 19.0. The molecule has 1 aromatic heterocycles. The second-order valence-electron chi connectivity index (χ2n) is 7.92. The molecule has 1 N–H and O–H groups in total. The number of hydrogen-bond acceptors (Lipinski definition) is 5. The van der Waals surface area contributed by atoms with Gasteiger partial charge in [-0.15, -0.1) is 10.2 Å². The minimum absolute atomic E-state index is 0.0306. The number of nitrogens with one attached hydrogen (secondary N) is 1. The molecule has 0 unspecified atom stereocenters. The summed E-state index contributed by atoms with van der Waals surface area (Å²) in [6, 6.07) is 27.9. The number of carbonyl (C=O) groups excluding carboxylic acids is 1. The van der Waals surface area contributed by atoms with Crippen LogP contribution < -0.4 is 10.2 Å². The van der Waals surface area contributed by atoms with Crippen LogP contribution in [0.25, 0.3) is 11.4 Å². The SMILES string of the molecule is CC(C)N(C(=O)CSc1nnc(-c2ccccc2)n1C)c1ccc(Nc2ccccc2)cc1. The van der Waals surface area contributed by atoms with Crippen LogP contribution in [0.2, 0.25) is 0 Å². The molecule has 3 aromatic carbocycles. The summed E-state index contributed by atoms with van der Waals surface area (Å²) >= 11 is 1.40. The van der Waals surface area contributed by atoms with E-state index in [9.17, 15) is 4.79 Å². The predicted octanol–water partition coefficient (Wildman–Crippen LogP) is 5.76. The van der Waals surface area contributed by atoms with E-state index in [4.69, 9.17) is 0 Å². The minimum atomic E-state index is 0.0306. The van der Waals surface area contributed by atoms with Crippen molar-refractivity contribution in [3.63, 3.8) is 0 Å². The van der Waals surface area contributed by atoms with Crippen molar-refractivity contribution in [2.75, 3.05) is 16.0 Å². The second-order valence-corrected chi connectivity index (χ2v) is 8.86. The molecule has 0 radical (unpaired) electrons. The van der Waals surface area contributed by atoms with E-state index >= 15 is 0 Å². The Morgan fingerprint density at radius 3 is 2.15 bits per heavy atom. The maximum atomic E-state index is 13.2. The van der Waals surface area contributed by atoms with Gasteiger partial charge >= 0.3 is 0 Å². The molecule has 33 heavy (non-hydrogen) atoms. The summed E-state index contributed by atoms with van der Waals surface area (Å²) in [7, 11) is 1.92. The van der Waals surface area contributed by atoms with Crippen molar-refractivity contribution in [1.82, 2.24) is 14.8 Å². The molecule has 6 nitrogen and oxygen atoms in total. The first-order chi connectivity index (χ1) is 16.0. The zero-order valence-corrected chi connectivity index (χ0v) is 19.8. The molecule has 1 heterocycles. The normalized spacial score (nSPS) is 10.9. The van der Waals surface area contributed by atoms with Gasteiger partial charge in [0, 0.05) is 35.7 Å². The van der Waals surface area contributed by atoms with Gasteiger partial charge in [0.05, 0.1) is 5.75 Å². The van der Waals surface area contributed by atoms with Crippen molar-refractivity contribution >= 4 is 34.7 Å². The predicted molar refractivity (Wildman–Crippen MR) is 136 cm³/mol. The van der Waals surface area contributed by atoms with Crippen molar-refractivity contribution in [3.05, 3.63) is 84.9 Å². The molecule has 168 valence electrons. The van der Waals surface area contributed by atoms with Gasteiger partial charge in [0.15, 0.2) is 11.0 Å². The molecule has 0 aliphatic rings. The van der Waals surface area contributed by atoms with Gasteiger partial charge in [-0.1, -0.05) is 60.3 Å². The van der Waals surface area contributed by atoms with Gasteiger partial charge in [-0.05, 0) is 50.2 Å². The monoisotopic (exact) mass is 457 g/mol. The third-order valence-electron chi connectivity index (χ3n) is 5.18. The largest absolute Gasteiger partial charge is 0.356 e. The Kier molecular flexibility index (Phi) is 7.10. The van der Waals surface area contributed by atoms with Crippen molar-refractivity contribution in [3.8, 4) is 11.4 Å². The fourth-order valence-corrected chi connectivity index (χ4v) is 4.37. The Hall–Kier alpha value is -3.58. The van der Waals surface area contributed by atoms with Crippen molar-refractivity contribution in [2.45, 2.75) is 25.0 Å². The molecule has 0 saturated heterocycles. The molecule has 4 rings (SSSR count). The maximum absolute atomic E-state index is 13.2. The average molecular weight is 458 g/mol. The fraction of sp³-hybridized carbons (Fsp3) is 0.192. The fourth-order valence-electron chi connectivity index (χ4n) is 3.60. The molecule has 0 spiro atoms. The van der Waals surface area contributed by atoms with E-state index in [1.54, 1.807) is 0 Å². The standard InChI is InChI=1S/C26H27N5OS/c1-19(2)31(23-16-14-22(15-17-23)27-21-12-8-5-9-13-21)24(32)18-33-26-29-28-25(30(26)3)20-10-6-4-7-11-20/h4-17,19,27H,18H2,1-3H3. The smallest absolute Gasteiger partial charge is 0.237 e. The number of rotatable bonds is 8. The maximum Gasteiger partial charge on any atom is 0.237 e. The molecule has 1 amide bonds. The highest BCUT2D eigenvalue weighted by molar-refractivity contribution is 7.99. The van der Waals surface area contributed by atoms with Crippen LogP contribution in [0, 0.1) is 0 Å². The number of thioether (sulfide) groups is 1. The summed E-state index contributed by atoms with van der Waals surface area (Å²) < 4.78 is 1.93. The van der Waals surface area contributed by atoms with E-state index in [2.05, 4.69) is 15.5 Å². The summed E-state index contributed by atoms with van der Waals surface area (Å²) in [5, 5.41) is 12.7. The molecule has 0 fully saturated rings. The molecule has 0 bridgehead atoms. The first kappa shape index (κ1) is 22.6. The molecular weight excluding hydrogens is 430 g/mol. The topological polar surface area (TPSA) is 63.1 Å². The summed E-state index contributed by atoms with van der Waals surface area (Å²) in [6.45, 7) is 4.04. The van der Waals surface area contributed by atoms with Crippen LogP contribution >= 0.6 is 11.8 Å². The van der Waals surface area contributed by atoms with Crippen LogP contribution in [0.5, 0.6) is 0 Å². The number of aromatic nitrogens is 3. The number of amides is 1. The van der Waals surface area contributed by atoms with E-state index in [1.165, 1.54) is 11.8 Å². The van der Waals surface area contributed by atoms with Crippen molar-refractivity contribution in [1.29, 1.82) is 0 Å². The highest BCUT2D eigenvalue weighted by Crippen LogP contribution is 2.26. The molecule has 7 heteroatoms. The van der Waals surface area contributed by atoms with E-state index in [0.29, 0.717) is 5.16 Å². The third-order valence-corrected chi connectivity index (χ3v) is 6.19.